The molecule has 1 amide bonds. The number of piperazine rings is 1. The minimum Gasteiger partial charge on any atom is -0.378 e. The molecular formula is C21H26ClN5O3. The lowest BCUT2D eigenvalue weighted by Crippen LogP contribution is -2.48. The van der Waals surface area contributed by atoms with Crippen molar-refractivity contribution in [2.24, 2.45) is 0 Å². The number of ether oxygens (including phenoxy) is 1. The van der Waals surface area contributed by atoms with Crippen LogP contribution in [-0.2, 0) is 9.53 Å². The van der Waals surface area contributed by atoms with E-state index in [1.807, 2.05) is 35.2 Å². The number of carbonyl (C=O) groups excluding carboxylic acids is 1. The summed E-state index contributed by atoms with van der Waals surface area (Å²) in [4.78, 5) is 31.3. The smallest absolute Gasteiger partial charge is 0.292 e. The SMILES string of the molecule is O=C(CCN1CCN(c2cnn(-c3ccccc3)c(=O)c2Cl)CC1)N1CCOCC1. The maximum absolute atomic E-state index is 12.7. The van der Waals surface area contributed by atoms with Crippen LogP contribution in [0, 0.1) is 0 Å². The summed E-state index contributed by atoms with van der Waals surface area (Å²) >= 11 is 6.42. The fourth-order valence-corrected chi connectivity index (χ4v) is 4.08. The van der Waals surface area contributed by atoms with Crippen molar-refractivity contribution in [3.8, 4) is 5.69 Å². The second-order valence-electron chi connectivity index (χ2n) is 7.47. The van der Waals surface area contributed by atoms with Crippen LogP contribution in [0.3, 0.4) is 0 Å². The van der Waals surface area contributed by atoms with Gasteiger partial charge in [-0.25, -0.2) is 0 Å². The number of rotatable bonds is 5. The van der Waals surface area contributed by atoms with Crippen molar-refractivity contribution in [3.05, 3.63) is 51.9 Å². The standard InChI is InChI=1S/C21H26ClN5O3/c22-20-18(16-23-27(21(20)29)17-4-2-1-3-5-17)25-10-8-24(9-11-25)7-6-19(28)26-12-14-30-15-13-26/h1-5,16H,6-15H2. The molecule has 0 saturated carbocycles. The second-order valence-corrected chi connectivity index (χ2v) is 7.85. The highest BCUT2D eigenvalue weighted by Gasteiger charge is 2.23. The van der Waals surface area contributed by atoms with Crippen LogP contribution in [0.15, 0.2) is 41.3 Å². The Morgan fingerprint density at radius 1 is 1.03 bits per heavy atom. The van der Waals surface area contributed by atoms with Crippen LogP contribution in [0.5, 0.6) is 0 Å². The molecule has 2 saturated heterocycles. The van der Waals surface area contributed by atoms with Gasteiger partial charge in [0, 0.05) is 52.2 Å². The van der Waals surface area contributed by atoms with Crippen molar-refractivity contribution < 1.29 is 9.53 Å². The first kappa shape index (κ1) is 20.8. The van der Waals surface area contributed by atoms with Crippen LogP contribution in [0.4, 0.5) is 5.69 Å². The van der Waals surface area contributed by atoms with E-state index < -0.39 is 0 Å². The molecule has 160 valence electrons. The molecule has 2 fully saturated rings. The number of anilines is 1. The largest absolute Gasteiger partial charge is 0.378 e. The molecule has 0 atom stereocenters. The number of carbonyl (C=O) groups is 1. The normalized spacial score (nSPS) is 17.9. The first-order valence-corrected chi connectivity index (χ1v) is 10.7. The van der Waals surface area contributed by atoms with E-state index in [9.17, 15) is 9.59 Å². The van der Waals surface area contributed by atoms with Gasteiger partial charge in [-0.3, -0.25) is 14.5 Å². The van der Waals surface area contributed by atoms with E-state index in [0.717, 1.165) is 32.7 Å². The Labute approximate surface area is 180 Å². The van der Waals surface area contributed by atoms with Crippen molar-refractivity contribution in [2.45, 2.75) is 6.42 Å². The van der Waals surface area contributed by atoms with Crippen LogP contribution in [0.25, 0.3) is 5.69 Å². The van der Waals surface area contributed by atoms with Gasteiger partial charge in [-0.2, -0.15) is 9.78 Å². The fourth-order valence-electron chi connectivity index (χ4n) is 3.83. The molecular weight excluding hydrogens is 406 g/mol. The van der Waals surface area contributed by atoms with Gasteiger partial charge in [-0.05, 0) is 12.1 Å². The molecule has 4 rings (SSSR count). The maximum atomic E-state index is 12.7. The van der Waals surface area contributed by atoms with Gasteiger partial charge in [0.05, 0.1) is 30.8 Å². The molecule has 3 heterocycles. The summed E-state index contributed by atoms with van der Waals surface area (Å²) in [6, 6.07) is 9.24. The third-order valence-electron chi connectivity index (χ3n) is 5.62. The van der Waals surface area contributed by atoms with Gasteiger partial charge in [0.25, 0.3) is 5.56 Å². The highest BCUT2D eigenvalue weighted by atomic mass is 35.5. The number of halogens is 1. The molecule has 2 aliphatic heterocycles. The molecule has 0 unspecified atom stereocenters. The number of hydrogen-bond acceptors (Lipinski definition) is 6. The second kappa shape index (κ2) is 9.59. The third kappa shape index (κ3) is 4.66. The Morgan fingerprint density at radius 2 is 1.73 bits per heavy atom. The number of para-hydroxylation sites is 1. The summed E-state index contributed by atoms with van der Waals surface area (Å²) in [5.41, 5.74) is 1.03. The van der Waals surface area contributed by atoms with Crippen molar-refractivity contribution in [1.82, 2.24) is 19.6 Å². The van der Waals surface area contributed by atoms with E-state index in [1.165, 1.54) is 4.68 Å². The number of amides is 1. The molecule has 0 bridgehead atoms. The Kier molecular flexibility index (Phi) is 6.66. The van der Waals surface area contributed by atoms with Gasteiger partial charge in [0.15, 0.2) is 0 Å². The summed E-state index contributed by atoms with van der Waals surface area (Å²) < 4.78 is 6.62. The highest BCUT2D eigenvalue weighted by Crippen LogP contribution is 2.23. The van der Waals surface area contributed by atoms with E-state index in [-0.39, 0.29) is 16.5 Å². The number of morpholine rings is 1. The van der Waals surface area contributed by atoms with Crippen molar-refractivity contribution >= 4 is 23.2 Å². The Morgan fingerprint density at radius 3 is 2.43 bits per heavy atom. The summed E-state index contributed by atoms with van der Waals surface area (Å²) in [7, 11) is 0. The molecule has 8 nitrogen and oxygen atoms in total. The summed E-state index contributed by atoms with van der Waals surface area (Å²) in [5, 5.41) is 4.50. The van der Waals surface area contributed by atoms with Gasteiger partial charge in [-0.15, -0.1) is 0 Å². The van der Waals surface area contributed by atoms with E-state index in [4.69, 9.17) is 16.3 Å². The molecule has 30 heavy (non-hydrogen) atoms. The van der Waals surface area contributed by atoms with Gasteiger partial charge >= 0.3 is 0 Å². The lowest BCUT2D eigenvalue weighted by atomic mass is 10.2. The zero-order valence-electron chi connectivity index (χ0n) is 16.9. The quantitative estimate of drug-likeness (QED) is 0.709. The van der Waals surface area contributed by atoms with Crippen LogP contribution in [0.2, 0.25) is 5.02 Å². The van der Waals surface area contributed by atoms with E-state index >= 15 is 0 Å². The van der Waals surface area contributed by atoms with Gasteiger partial charge in [0.2, 0.25) is 5.91 Å². The van der Waals surface area contributed by atoms with Crippen molar-refractivity contribution in [1.29, 1.82) is 0 Å². The van der Waals surface area contributed by atoms with Gasteiger partial charge in [-0.1, -0.05) is 29.8 Å². The van der Waals surface area contributed by atoms with E-state index in [0.29, 0.717) is 44.1 Å². The fraction of sp³-hybridized carbons (Fsp3) is 0.476. The topological polar surface area (TPSA) is 70.9 Å². The third-order valence-corrected chi connectivity index (χ3v) is 5.98. The van der Waals surface area contributed by atoms with Crippen LogP contribution in [0.1, 0.15) is 6.42 Å². The Hall–Kier alpha value is -2.42. The van der Waals surface area contributed by atoms with Crippen LogP contribution >= 0.6 is 11.6 Å². The predicted octanol–water partition coefficient (Wildman–Crippen LogP) is 1.26. The average Bonchev–Trinajstić information content (AvgIpc) is 2.81. The number of aromatic nitrogens is 2. The van der Waals surface area contributed by atoms with Gasteiger partial charge in [0.1, 0.15) is 5.02 Å². The zero-order valence-corrected chi connectivity index (χ0v) is 17.6. The van der Waals surface area contributed by atoms with Crippen molar-refractivity contribution in [3.63, 3.8) is 0 Å². The molecule has 1 aromatic carbocycles. The van der Waals surface area contributed by atoms with Gasteiger partial charge < -0.3 is 14.5 Å². The lowest BCUT2D eigenvalue weighted by molar-refractivity contribution is -0.135. The lowest BCUT2D eigenvalue weighted by Gasteiger charge is -2.36. The monoisotopic (exact) mass is 431 g/mol. The molecule has 0 N–H and O–H groups in total. The van der Waals surface area contributed by atoms with E-state index in [2.05, 4.69) is 14.9 Å². The molecule has 0 aliphatic carbocycles. The minimum atomic E-state index is -0.320. The molecule has 1 aromatic heterocycles. The number of hydrogen-bond donors (Lipinski definition) is 0. The maximum Gasteiger partial charge on any atom is 0.292 e. The molecule has 0 radical (unpaired) electrons. The summed E-state index contributed by atoms with van der Waals surface area (Å²) in [6.07, 6.45) is 2.18. The highest BCUT2D eigenvalue weighted by molar-refractivity contribution is 6.33. The minimum absolute atomic E-state index is 0.185. The number of benzene rings is 1. The molecule has 2 aromatic rings. The predicted molar refractivity (Wildman–Crippen MR) is 116 cm³/mol. The average molecular weight is 432 g/mol. The summed E-state index contributed by atoms with van der Waals surface area (Å²) in [5.74, 6) is 0.192. The zero-order chi connectivity index (χ0) is 20.9. The Balaban J connectivity index is 1.33. The number of nitrogens with zero attached hydrogens (tertiary/aromatic N) is 5. The first-order chi connectivity index (χ1) is 14.6. The molecule has 0 spiro atoms. The van der Waals surface area contributed by atoms with Crippen LogP contribution < -0.4 is 10.5 Å². The molecule has 2 aliphatic rings. The Bertz CT molecular complexity index is 922. The molecule has 9 heteroatoms. The first-order valence-electron chi connectivity index (χ1n) is 10.3. The van der Waals surface area contributed by atoms with E-state index in [1.54, 1.807) is 6.20 Å². The summed E-state index contributed by atoms with van der Waals surface area (Å²) in [6.45, 7) is 6.47. The van der Waals surface area contributed by atoms with Crippen molar-refractivity contribution in [2.75, 3.05) is 63.9 Å². The van der Waals surface area contributed by atoms with Crippen LogP contribution in [-0.4, -0.2) is 84.5 Å².